The van der Waals surface area contributed by atoms with E-state index in [0.29, 0.717) is 25.3 Å². The summed E-state index contributed by atoms with van der Waals surface area (Å²) in [5.74, 6) is 0.335. The van der Waals surface area contributed by atoms with Crippen molar-refractivity contribution < 1.29 is 9.59 Å². The van der Waals surface area contributed by atoms with Gasteiger partial charge in [-0.25, -0.2) is 0 Å². The molecule has 0 fully saturated rings. The summed E-state index contributed by atoms with van der Waals surface area (Å²) in [6.07, 6.45) is 1.05. The molecule has 2 rings (SSSR count). The van der Waals surface area contributed by atoms with Gasteiger partial charge in [-0.05, 0) is 42.9 Å². The first-order valence-corrected chi connectivity index (χ1v) is 9.97. The van der Waals surface area contributed by atoms with Crippen molar-refractivity contribution in [3.63, 3.8) is 0 Å². The molecule has 4 nitrogen and oxygen atoms in total. The zero-order valence-electron chi connectivity index (χ0n) is 17.7. The predicted octanol–water partition coefficient (Wildman–Crippen LogP) is 4.21. The molecule has 0 spiro atoms. The first-order chi connectivity index (χ1) is 13.3. The van der Waals surface area contributed by atoms with Crippen molar-refractivity contribution in [2.45, 2.75) is 59.0 Å². The van der Waals surface area contributed by atoms with Crippen LogP contribution in [0.1, 0.15) is 55.4 Å². The molecule has 0 heterocycles. The summed E-state index contributed by atoms with van der Waals surface area (Å²) in [5.41, 5.74) is 4.61. The summed E-state index contributed by atoms with van der Waals surface area (Å²) in [6, 6.07) is 16.0. The number of amides is 2. The van der Waals surface area contributed by atoms with Crippen molar-refractivity contribution in [3.05, 3.63) is 70.8 Å². The molecule has 0 saturated carbocycles. The van der Waals surface area contributed by atoms with Crippen molar-refractivity contribution in [2.75, 3.05) is 7.05 Å². The van der Waals surface area contributed by atoms with Crippen LogP contribution in [0, 0.1) is 6.92 Å². The van der Waals surface area contributed by atoms with E-state index >= 15 is 0 Å². The van der Waals surface area contributed by atoms with Gasteiger partial charge < -0.3 is 10.2 Å². The SMILES string of the molecule is CNC(=O)[C@H](C)N(Cc1cccc(C)c1)C(=O)CCc1ccc(C(C)C)cc1. The van der Waals surface area contributed by atoms with Gasteiger partial charge in [-0.15, -0.1) is 0 Å². The average molecular weight is 381 g/mol. The molecule has 150 valence electrons. The fourth-order valence-electron chi connectivity index (χ4n) is 3.26. The van der Waals surface area contributed by atoms with Gasteiger partial charge in [-0.1, -0.05) is 67.9 Å². The summed E-state index contributed by atoms with van der Waals surface area (Å²) < 4.78 is 0. The van der Waals surface area contributed by atoms with E-state index < -0.39 is 6.04 Å². The summed E-state index contributed by atoms with van der Waals surface area (Å²) in [4.78, 5) is 26.9. The number of benzene rings is 2. The summed E-state index contributed by atoms with van der Waals surface area (Å²) in [7, 11) is 1.60. The third-order valence-electron chi connectivity index (χ3n) is 5.12. The smallest absolute Gasteiger partial charge is 0.242 e. The van der Waals surface area contributed by atoms with E-state index in [2.05, 4.69) is 49.5 Å². The van der Waals surface area contributed by atoms with E-state index in [4.69, 9.17) is 0 Å². The Morgan fingerprint density at radius 3 is 2.25 bits per heavy atom. The van der Waals surface area contributed by atoms with Gasteiger partial charge >= 0.3 is 0 Å². The van der Waals surface area contributed by atoms with Crippen LogP contribution < -0.4 is 5.32 Å². The number of aryl methyl sites for hydroxylation is 2. The number of hydrogen-bond donors (Lipinski definition) is 1. The molecule has 2 aromatic carbocycles. The van der Waals surface area contributed by atoms with E-state index in [-0.39, 0.29) is 11.8 Å². The summed E-state index contributed by atoms with van der Waals surface area (Å²) in [6.45, 7) is 8.58. The molecule has 0 aliphatic rings. The topological polar surface area (TPSA) is 49.4 Å². The zero-order valence-corrected chi connectivity index (χ0v) is 17.7. The van der Waals surface area contributed by atoms with Crippen LogP contribution in [0.5, 0.6) is 0 Å². The maximum atomic E-state index is 13.0. The second-order valence-electron chi connectivity index (χ2n) is 7.70. The lowest BCUT2D eigenvalue weighted by Gasteiger charge is -2.28. The van der Waals surface area contributed by atoms with Crippen LogP contribution in [0.15, 0.2) is 48.5 Å². The Balaban J connectivity index is 2.10. The van der Waals surface area contributed by atoms with E-state index in [9.17, 15) is 9.59 Å². The minimum absolute atomic E-state index is 0.00876. The first kappa shape index (κ1) is 21.7. The molecule has 4 heteroatoms. The fraction of sp³-hybridized carbons (Fsp3) is 0.417. The Kier molecular flexibility index (Phi) is 7.80. The van der Waals surface area contributed by atoms with Crippen molar-refractivity contribution in [2.24, 2.45) is 0 Å². The molecule has 1 N–H and O–H groups in total. The van der Waals surface area contributed by atoms with Crippen molar-refractivity contribution >= 4 is 11.8 Å². The zero-order chi connectivity index (χ0) is 20.7. The number of nitrogens with zero attached hydrogens (tertiary/aromatic N) is 1. The number of rotatable bonds is 8. The van der Waals surface area contributed by atoms with E-state index in [0.717, 1.165) is 16.7 Å². The summed E-state index contributed by atoms with van der Waals surface area (Å²) >= 11 is 0. The van der Waals surface area contributed by atoms with Gasteiger partial charge in [0.05, 0.1) is 0 Å². The Bertz CT molecular complexity index is 797. The lowest BCUT2D eigenvalue weighted by atomic mass is 10.00. The highest BCUT2D eigenvalue weighted by atomic mass is 16.2. The molecular formula is C24H32N2O2. The summed E-state index contributed by atoms with van der Waals surface area (Å²) in [5, 5.41) is 2.65. The molecule has 1 atom stereocenters. The van der Waals surface area contributed by atoms with Crippen molar-refractivity contribution in [1.82, 2.24) is 10.2 Å². The van der Waals surface area contributed by atoms with Crippen LogP contribution in [-0.2, 0) is 22.6 Å². The maximum absolute atomic E-state index is 13.0. The molecule has 2 amide bonds. The van der Waals surface area contributed by atoms with E-state index in [1.165, 1.54) is 5.56 Å². The van der Waals surface area contributed by atoms with Crippen molar-refractivity contribution in [1.29, 1.82) is 0 Å². The van der Waals surface area contributed by atoms with Crippen LogP contribution >= 0.6 is 0 Å². The lowest BCUT2D eigenvalue weighted by Crippen LogP contribution is -2.46. The predicted molar refractivity (Wildman–Crippen MR) is 114 cm³/mol. The maximum Gasteiger partial charge on any atom is 0.242 e. The van der Waals surface area contributed by atoms with E-state index in [1.54, 1.807) is 18.9 Å². The Hall–Kier alpha value is -2.62. The molecule has 0 unspecified atom stereocenters. The number of likely N-dealkylation sites (N-methyl/N-ethyl adjacent to an activating group) is 1. The lowest BCUT2D eigenvalue weighted by molar-refractivity contribution is -0.140. The van der Waals surface area contributed by atoms with Gasteiger partial charge in [0.15, 0.2) is 0 Å². The standard InChI is InChI=1S/C24H32N2O2/c1-17(2)22-12-9-20(10-13-22)11-14-23(27)26(19(4)24(28)25-5)16-21-8-6-7-18(3)15-21/h6-10,12-13,15,17,19H,11,14,16H2,1-5H3,(H,25,28)/t19-/m0/s1. The number of carbonyl (C=O) groups excluding carboxylic acids is 2. The minimum Gasteiger partial charge on any atom is -0.357 e. The van der Waals surface area contributed by atoms with Gasteiger partial charge in [0.1, 0.15) is 6.04 Å². The normalized spacial score (nSPS) is 11.9. The monoisotopic (exact) mass is 380 g/mol. The highest BCUT2D eigenvalue weighted by Crippen LogP contribution is 2.17. The highest BCUT2D eigenvalue weighted by Gasteiger charge is 2.25. The van der Waals surface area contributed by atoms with Gasteiger partial charge in [0, 0.05) is 20.0 Å². The molecular weight excluding hydrogens is 348 g/mol. The van der Waals surface area contributed by atoms with Gasteiger partial charge in [-0.2, -0.15) is 0 Å². The molecule has 0 saturated heterocycles. The molecule has 2 aromatic rings. The third-order valence-corrected chi connectivity index (χ3v) is 5.12. The van der Waals surface area contributed by atoms with Gasteiger partial charge in [0.2, 0.25) is 11.8 Å². The van der Waals surface area contributed by atoms with E-state index in [1.807, 2.05) is 25.1 Å². The van der Waals surface area contributed by atoms with Crippen LogP contribution in [0.4, 0.5) is 0 Å². The molecule has 0 aliphatic heterocycles. The van der Waals surface area contributed by atoms with Crippen LogP contribution in [0.3, 0.4) is 0 Å². The number of nitrogens with one attached hydrogen (secondary N) is 1. The van der Waals surface area contributed by atoms with Crippen molar-refractivity contribution in [3.8, 4) is 0 Å². The quantitative estimate of drug-likeness (QED) is 0.746. The Morgan fingerprint density at radius 1 is 1.00 bits per heavy atom. The minimum atomic E-state index is -0.513. The molecule has 28 heavy (non-hydrogen) atoms. The molecule has 0 aliphatic carbocycles. The molecule has 0 radical (unpaired) electrons. The van der Waals surface area contributed by atoms with Gasteiger partial charge in [0.25, 0.3) is 0 Å². The molecule has 0 aromatic heterocycles. The fourth-order valence-corrected chi connectivity index (χ4v) is 3.26. The second kappa shape index (κ2) is 10.1. The van der Waals surface area contributed by atoms with Crippen LogP contribution in [0.2, 0.25) is 0 Å². The second-order valence-corrected chi connectivity index (χ2v) is 7.70. The molecule has 0 bridgehead atoms. The third kappa shape index (κ3) is 5.95. The first-order valence-electron chi connectivity index (χ1n) is 9.97. The van der Waals surface area contributed by atoms with Crippen LogP contribution in [-0.4, -0.2) is 29.8 Å². The highest BCUT2D eigenvalue weighted by molar-refractivity contribution is 5.87. The Labute approximate surface area is 169 Å². The number of carbonyl (C=O) groups is 2. The Morgan fingerprint density at radius 2 is 1.68 bits per heavy atom. The average Bonchev–Trinajstić information content (AvgIpc) is 2.69. The number of hydrogen-bond acceptors (Lipinski definition) is 2. The largest absolute Gasteiger partial charge is 0.357 e. The van der Waals surface area contributed by atoms with Gasteiger partial charge in [-0.3, -0.25) is 9.59 Å². The van der Waals surface area contributed by atoms with Crippen LogP contribution in [0.25, 0.3) is 0 Å².